The first-order valence-corrected chi connectivity index (χ1v) is 5.72. The third-order valence-corrected chi connectivity index (χ3v) is 2.98. The number of phenols is 1. The van der Waals surface area contributed by atoms with Gasteiger partial charge in [-0.15, -0.1) is 0 Å². The minimum Gasteiger partial charge on any atom is -0.508 e. The van der Waals surface area contributed by atoms with E-state index in [0.29, 0.717) is 5.69 Å². The Morgan fingerprint density at radius 3 is 2.63 bits per heavy atom. The van der Waals surface area contributed by atoms with Crippen molar-refractivity contribution in [1.82, 2.24) is 9.88 Å². The molecule has 0 fully saturated rings. The Morgan fingerprint density at radius 2 is 2.00 bits per heavy atom. The molecule has 0 aliphatic carbocycles. The summed E-state index contributed by atoms with van der Waals surface area (Å²) < 4.78 is 1.65. The number of hydrogen-bond acceptors (Lipinski definition) is 3. The first kappa shape index (κ1) is 12.9. The smallest absolute Gasteiger partial charge is 0.325 e. The molecule has 1 aromatic heterocycles. The fraction of sp³-hybridized carbons (Fsp3) is 0.231. The predicted molar refractivity (Wildman–Crippen MR) is 69.1 cm³/mol. The van der Waals surface area contributed by atoms with Gasteiger partial charge in [0.05, 0.1) is 0 Å². The molecule has 6 heteroatoms. The second kappa shape index (κ2) is 4.64. The Labute approximate surface area is 109 Å². The second-order valence-corrected chi connectivity index (χ2v) is 4.37. The molecule has 1 aromatic carbocycles. The molecule has 0 spiro atoms. The zero-order chi connectivity index (χ0) is 14.2. The van der Waals surface area contributed by atoms with Crippen molar-refractivity contribution < 1.29 is 19.8 Å². The summed E-state index contributed by atoms with van der Waals surface area (Å²) in [6.45, 7) is 1.40. The van der Waals surface area contributed by atoms with E-state index in [-0.39, 0.29) is 5.75 Å². The number of phenolic OH excluding ortho intramolecular Hbond substituents is 1. The monoisotopic (exact) mass is 262 g/mol. The van der Waals surface area contributed by atoms with Gasteiger partial charge < -0.3 is 20.1 Å². The number of carboxylic acids is 1. The predicted octanol–water partition coefficient (Wildman–Crippen LogP) is 1.09. The number of aliphatic carboxylic acids is 1. The molecule has 1 atom stereocenters. The molecule has 0 saturated carbocycles. The van der Waals surface area contributed by atoms with Crippen LogP contribution in [0.5, 0.6) is 5.75 Å². The first-order valence-electron chi connectivity index (χ1n) is 5.72. The summed E-state index contributed by atoms with van der Waals surface area (Å²) in [5, 5.41) is 21.3. The van der Waals surface area contributed by atoms with Gasteiger partial charge in [0.25, 0.3) is 5.91 Å². The van der Waals surface area contributed by atoms with Gasteiger partial charge in [-0.1, -0.05) is 0 Å². The third kappa shape index (κ3) is 2.37. The number of rotatable bonds is 3. The molecule has 2 rings (SSSR count). The van der Waals surface area contributed by atoms with Crippen LogP contribution in [-0.4, -0.2) is 32.7 Å². The SMILES string of the molecule is C[C@H](NC(=O)c1cc2cc(O)ccc2n1C)C(=O)O. The Hall–Kier alpha value is -2.50. The summed E-state index contributed by atoms with van der Waals surface area (Å²) in [7, 11) is 1.71. The number of aromatic nitrogens is 1. The van der Waals surface area contributed by atoms with Crippen molar-refractivity contribution in [2.75, 3.05) is 0 Å². The number of carbonyl (C=O) groups excluding carboxylic acids is 1. The molecule has 3 N–H and O–H groups in total. The third-order valence-electron chi connectivity index (χ3n) is 2.98. The topological polar surface area (TPSA) is 91.6 Å². The molecule has 6 nitrogen and oxygen atoms in total. The summed E-state index contributed by atoms with van der Waals surface area (Å²) in [6.07, 6.45) is 0. The van der Waals surface area contributed by atoms with Crippen molar-refractivity contribution in [3.8, 4) is 5.75 Å². The van der Waals surface area contributed by atoms with Crippen LogP contribution < -0.4 is 5.32 Å². The van der Waals surface area contributed by atoms with Crippen molar-refractivity contribution in [3.05, 3.63) is 30.0 Å². The van der Waals surface area contributed by atoms with Gasteiger partial charge in [-0.25, -0.2) is 0 Å². The molecular formula is C13H14N2O4. The van der Waals surface area contributed by atoms with E-state index in [4.69, 9.17) is 5.11 Å². The second-order valence-electron chi connectivity index (χ2n) is 4.37. The van der Waals surface area contributed by atoms with Gasteiger partial charge in [-0.2, -0.15) is 0 Å². The molecule has 0 saturated heterocycles. The fourth-order valence-electron chi connectivity index (χ4n) is 1.89. The molecule has 0 bridgehead atoms. The van der Waals surface area contributed by atoms with E-state index >= 15 is 0 Å². The quantitative estimate of drug-likeness (QED) is 0.772. The van der Waals surface area contributed by atoms with Gasteiger partial charge in [0, 0.05) is 18.0 Å². The van der Waals surface area contributed by atoms with E-state index < -0.39 is 17.9 Å². The molecule has 100 valence electrons. The number of aryl methyl sites for hydroxylation is 1. The molecule has 0 aliphatic rings. The average molecular weight is 262 g/mol. The minimum absolute atomic E-state index is 0.115. The minimum atomic E-state index is -1.09. The summed E-state index contributed by atoms with van der Waals surface area (Å²) >= 11 is 0. The van der Waals surface area contributed by atoms with Crippen LogP contribution in [0.3, 0.4) is 0 Å². The lowest BCUT2D eigenvalue weighted by molar-refractivity contribution is -0.138. The molecule has 1 heterocycles. The number of fused-ring (bicyclic) bond motifs is 1. The number of carboxylic acid groups (broad SMARTS) is 1. The maximum absolute atomic E-state index is 12.0. The van der Waals surface area contributed by atoms with Crippen LogP contribution in [0, 0.1) is 0 Å². The normalized spacial score (nSPS) is 12.3. The van der Waals surface area contributed by atoms with Crippen LogP contribution >= 0.6 is 0 Å². The van der Waals surface area contributed by atoms with Gasteiger partial charge >= 0.3 is 5.97 Å². The molecule has 0 radical (unpaired) electrons. The number of nitrogens with one attached hydrogen (secondary N) is 1. The molecule has 0 unspecified atom stereocenters. The van der Waals surface area contributed by atoms with E-state index in [1.54, 1.807) is 29.8 Å². The van der Waals surface area contributed by atoms with Crippen LogP contribution in [0.4, 0.5) is 0 Å². The lowest BCUT2D eigenvalue weighted by Crippen LogP contribution is -2.39. The molecule has 19 heavy (non-hydrogen) atoms. The van der Waals surface area contributed by atoms with Crippen molar-refractivity contribution in [2.45, 2.75) is 13.0 Å². The van der Waals surface area contributed by atoms with Crippen LogP contribution in [0.25, 0.3) is 10.9 Å². The standard InChI is InChI=1S/C13H14N2O4/c1-7(13(18)19)14-12(17)11-6-8-5-9(16)3-4-10(8)15(11)2/h3-7,16H,1-2H3,(H,14,17)(H,18,19)/t7-/m0/s1. The Morgan fingerprint density at radius 1 is 1.32 bits per heavy atom. The molecule has 1 amide bonds. The maximum Gasteiger partial charge on any atom is 0.325 e. The highest BCUT2D eigenvalue weighted by Gasteiger charge is 2.18. The van der Waals surface area contributed by atoms with Gasteiger partial charge in [0.2, 0.25) is 0 Å². The van der Waals surface area contributed by atoms with E-state index in [2.05, 4.69) is 5.32 Å². The Bertz CT molecular complexity index is 660. The lowest BCUT2D eigenvalue weighted by Gasteiger charge is -2.09. The highest BCUT2D eigenvalue weighted by Crippen LogP contribution is 2.23. The van der Waals surface area contributed by atoms with Crippen LogP contribution in [0.15, 0.2) is 24.3 Å². The molecular weight excluding hydrogens is 248 g/mol. The number of nitrogens with zero attached hydrogens (tertiary/aromatic N) is 1. The number of carbonyl (C=O) groups is 2. The van der Waals surface area contributed by atoms with Crippen LogP contribution in [-0.2, 0) is 11.8 Å². The number of aromatic hydroxyl groups is 1. The molecule has 2 aromatic rings. The van der Waals surface area contributed by atoms with Crippen LogP contribution in [0.1, 0.15) is 17.4 Å². The average Bonchev–Trinajstić information content (AvgIpc) is 2.66. The summed E-state index contributed by atoms with van der Waals surface area (Å²) in [5.41, 5.74) is 1.12. The van der Waals surface area contributed by atoms with Gasteiger partial charge in [0.15, 0.2) is 0 Å². The number of benzene rings is 1. The van der Waals surface area contributed by atoms with Crippen molar-refractivity contribution >= 4 is 22.8 Å². The lowest BCUT2D eigenvalue weighted by atomic mass is 10.2. The summed E-state index contributed by atoms with van der Waals surface area (Å²) in [6, 6.07) is 5.43. The summed E-state index contributed by atoms with van der Waals surface area (Å²) in [5.74, 6) is -1.44. The largest absolute Gasteiger partial charge is 0.508 e. The molecule has 0 aliphatic heterocycles. The van der Waals surface area contributed by atoms with E-state index in [1.807, 2.05) is 0 Å². The Kier molecular flexibility index (Phi) is 3.16. The zero-order valence-corrected chi connectivity index (χ0v) is 10.5. The van der Waals surface area contributed by atoms with Gasteiger partial charge in [-0.05, 0) is 31.2 Å². The van der Waals surface area contributed by atoms with Crippen molar-refractivity contribution in [1.29, 1.82) is 0 Å². The summed E-state index contributed by atoms with van der Waals surface area (Å²) in [4.78, 5) is 22.7. The highest BCUT2D eigenvalue weighted by atomic mass is 16.4. The van der Waals surface area contributed by atoms with E-state index in [1.165, 1.54) is 13.0 Å². The van der Waals surface area contributed by atoms with Crippen molar-refractivity contribution in [2.24, 2.45) is 7.05 Å². The van der Waals surface area contributed by atoms with Crippen LogP contribution in [0.2, 0.25) is 0 Å². The Balaban J connectivity index is 2.37. The fourth-order valence-corrected chi connectivity index (χ4v) is 1.89. The zero-order valence-electron chi connectivity index (χ0n) is 10.5. The number of hydrogen-bond donors (Lipinski definition) is 3. The maximum atomic E-state index is 12.0. The van der Waals surface area contributed by atoms with E-state index in [9.17, 15) is 14.7 Å². The van der Waals surface area contributed by atoms with Gasteiger partial charge in [0.1, 0.15) is 17.5 Å². The van der Waals surface area contributed by atoms with E-state index in [0.717, 1.165) is 10.9 Å². The highest BCUT2D eigenvalue weighted by molar-refractivity contribution is 6.00. The first-order chi connectivity index (χ1) is 8.90. The van der Waals surface area contributed by atoms with Gasteiger partial charge in [-0.3, -0.25) is 9.59 Å². The number of amides is 1. The van der Waals surface area contributed by atoms with Crippen molar-refractivity contribution in [3.63, 3.8) is 0 Å².